The zero-order valence-electron chi connectivity index (χ0n) is 17.7. The van der Waals surface area contributed by atoms with Crippen LogP contribution in [0.5, 0.6) is 0 Å². The summed E-state index contributed by atoms with van der Waals surface area (Å²) in [7, 11) is 0. The maximum absolute atomic E-state index is 12.8. The molecule has 1 aliphatic heterocycles. The van der Waals surface area contributed by atoms with Crippen molar-refractivity contribution in [3.8, 4) is 0 Å². The zero-order chi connectivity index (χ0) is 20.6. The molecule has 0 atom stereocenters. The number of ether oxygens (including phenoxy) is 2. The molecule has 1 heterocycles. The van der Waals surface area contributed by atoms with E-state index < -0.39 is 38.5 Å². The average molecular weight is 498 g/mol. The van der Waals surface area contributed by atoms with Gasteiger partial charge in [0.05, 0.1) is 0 Å². The minimum Gasteiger partial charge on any atom is -0.418 e. The lowest BCUT2D eigenvalue weighted by molar-refractivity contribution is -0.224. The molecule has 0 radical (unpaired) electrons. The highest BCUT2D eigenvalue weighted by atomic mass is 127. The van der Waals surface area contributed by atoms with Gasteiger partial charge in [-0.1, -0.05) is 74.4 Å². The summed E-state index contributed by atoms with van der Waals surface area (Å²) in [6.45, 7) is 13.1. The van der Waals surface area contributed by atoms with Gasteiger partial charge in [-0.15, -0.1) is 0 Å². The van der Waals surface area contributed by atoms with Crippen molar-refractivity contribution in [3.63, 3.8) is 0 Å². The fourth-order valence-corrected chi connectivity index (χ4v) is 7.18. The van der Waals surface area contributed by atoms with Gasteiger partial charge in [0.15, 0.2) is 3.51 Å². The summed E-state index contributed by atoms with van der Waals surface area (Å²) in [5.41, 5.74) is 3.80. The van der Waals surface area contributed by atoms with Crippen molar-refractivity contribution in [3.05, 3.63) is 32.4 Å². The lowest BCUT2D eigenvalue weighted by Crippen LogP contribution is -2.48. The molecular formula is C23H31IO4. The van der Waals surface area contributed by atoms with Crippen LogP contribution in [0.1, 0.15) is 102 Å². The number of carbonyl (C=O) groups is 2. The Morgan fingerprint density at radius 1 is 0.821 bits per heavy atom. The number of esters is 2. The fourth-order valence-electron chi connectivity index (χ4n) is 3.80. The summed E-state index contributed by atoms with van der Waals surface area (Å²) in [6.07, 6.45) is 3.09. The number of benzene rings is 1. The fraction of sp³-hybridized carbons (Fsp3) is 0.609. The highest BCUT2D eigenvalue weighted by Crippen LogP contribution is 2.40. The van der Waals surface area contributed by atoms with E-state index in [0.717, 1.165) is 12.8 Å². The molecule has 1 spiro atoms. The molecule has 3 rings (SSSR count). The first-order valence-electron chi connectivity index (χ1n) is 10.3. The van der Waals surface area contributed by atoms with E-state index in [4.69, 9.17) is 9.47 Å². The molecule has 1 saturated carbocycles. The molecule has 1 saturated heterocycles. The zero-order valence-corrected chi connectivity index (χ0v) is 19.9. The summed E-state index contributed by atoms with van der Waals surface area (Å²) in [5.74, 6) is -0.829. The Hall–Kier alpha value is -1.24. The third-order valence-corrected chi connectivity index (χ3v) is 8.74. The van der Waals surface area contributed by atoms with Gasteiger partial charge in [-0.3, -0.25) is 0 Å². The summed E-state index contributed by atoms with van der Waals surface area (Å²) < 4.78 is 12.7. The van der Waals surface area contributed by atoms with Crippen LogP contribution < -0.4 is 0 Å². The average Bonchev–Trinajstić information content (AvgIpc) is 3.04. The Bertz CT molecular complexity index is 763. The Balaban J connectivity index is 2.09. The van der Waals surface area contributed by atoms with Crippen molar-refractivity contribution >= 4 is 36.2 Å². The van der Waals surface area contributed by atoms with Gasteiger partial charge >= 0.3 is 11.9 Å². The third kappa shape index (κ3) is 4.19. The molecule has 0 aromatic heterocycles. The highest BCUT2D eigenvalue weighted by molar-refractivity contribution is 14.2. The van der Waals surface area contributed by atoms with Crippen LogP contribution in [0.4, 0.5) is 0 Å². The molecule has 4 nitrogen and oxygen atoms in total. The van der Waals surface area contributed by atoms with Gasteiger partial charge in [0.25, 0.3) is 5.79 Å². The molecule has 1 aromatic carbocycles. The SMILES string of the molecule is CC(C)c1cc(C(C)C)c(I=C2C(=O)OC3(CCCC3)OC2=O)c(C(C)C)c1. The molecule has 0 bridgehead atoms. The van der Waals surface area contributed by atoms with Gasteiger partial charge in [0.2, 0.25) is 0 Å². The second-order valence-corrected chi connectivity index (χ2v) is 11.5. The van der Waals surface area contributed by atoms with Crippen molar-refractivity contribution < 1.29 is 19.1 Å². The number of hydrogen-bond donors (Lipinski definition) is 0. The van der Waals surface area contributed by atoms with Crippen LogP contribution in [-0.4, -0.2) is 21.2 Å². The molecule has 0 N–H and O–H groups in total. The minimum atomic E-state index is -0.995. The van der Waals surface area contributed by atoms with Crippen molar-refractivity contribution in [2.75, 3.05) is 0 Å². The van der Waals surface area contributed by atoms with Crippen LogP contribution in [0.2, 0.25) is 0 Å². The quantitative estimate of drug-likeness (QED) is 0.393. The molecule has 2 aliphatic rings. The van der Waals surface area contributed by atoms with E-state index in [1.54, 1.807) is 0 Å². The van der Waals surface area contributed by atoms with E-state index in [1.807, 2.05) is 0 Å². The second-order valence-electron chi connectivity index (χ2n) is 8.78. The predicted molar refractivity (Wildman–Crippen MR) is 120 cm³/mol. The summed E-state index contributed by atoms with van der Waals surface area (Å²) in [6, 6.07) is 4.52. The van der Waals surface area contributed by atoms with Crippen LogP contribution in [0.3, 0.4) is 0 Å². The second kappa shape index (κ2) is 8.25. The van der Waals surface area contributed by atoms with E-state index in [-0.39, 0.29) is 3.51 Å². The van der Waals surface area contributed by atoms with Gasteiger partial charge < -0.3 is 9.47 Å². The Kier molecular flexibility index (Phi) is 6.32. The molecule has 154 valence electrons. The Labute approximate surface area is 178 Å². The first kappa shape index (κ1) is 21.5. The van der Waals surface area contributed by atoms with Crippen LogP contribution in [0, 0.1) is 3.57 Å². The van der Waals surface area contributed by atoms with E-state index in [1.165, 1.54) is 20.3 Å². The number of carbonyl (C=O) groups excluding carboxylic acids is 2. The monoisotopic (exact) mass is 498 g/mol. The Morgan fingerprint density at radius 3 is 1.68 bits per heavy atom. The van der Waals surface area contributed by atoms with E-state index >= 15 is 0 Å². The lowest BCUT2D eigenvalue weighted by atomic mass is 9.90. The van der Waals surface area contributed by atoms with Gasteiger partial charge in [-0.2, -0.15) is 0 Å². The molecule has 5 heteroatoms. The molecule has 0 unspecified atom stereocenters. The standard InChI is InChI=1S/C23H31IO4/c1-13(2)16-11-17(14(3)4)19(18(12-16)15(5)6)24-20-21(25)27-23(28-22(20)26)9-7-8-10-23/h11-15H,7-10H2,1-6H3. The van der Waals surface area contributed by atoms with Gasteiger partial charge in [-0.05, 0) is 47.3 Å². The maximum atomic E-state index is 12.8. The first-order chi connectivity index (χ1) is 13.1. The summed E-state index contributed by atoms with van der Waals surface area (Å²) >= 11 is -0.983. The van der Waals surface area contributed by atoms with Gasteiger partial charge in [0, 0.05) is 16.4 Å². The van der Waals surface area contributed by atoms with E-state index in [0.29, 0.717) is 30.6 Å². The third-order valence-electron chi connectivity index (χ3n) is 5.53. The maximum Gasteiger partial charge on any atom is 0.354 e. The molecular weight excluding hydrogens is 467 g/mol. The van der Waals surface area contributed by atoms with Crippen molar-refractivity contribution in [1.82, 2.24) is 0 Å². The van der Waals surface area contributed by atoms with Crippen molar-refractivity contribution in [1.29, 1.82) is 0 Å². The molecule has 1 aromatic rings. The topological polar surface area (TPSA) is 52.6 Å². The summed E-state index contributed by atoms with van der Waals surface area (Å²) in [4.78, 5) is 25.6. The molecule has 0 amide bonds. The minimum absolute atomic E-state index is 0.234. The Morgan fingerprint density at radius 2 is 1.29 bits per heavy atom. The van der Waals surface area contributed by atoms with E-state index in [9.17, 15) is 9.59 Å². The summed E-state index contributed by atoms with van der Waals surface area (Å²) in [5, 5.41) is 0. The van der Waals surface area contributed by atoms with Crippen LogP contribution in [0.25, 0.3) is 0 Å². The first-order valence-corrected chi connectivity index (χ1v) is 12.5. The normalized spacial score (nSPS) is 19.1. The largest absolute Gasteiger partial charge is 0.418 e. The molecule has 28 heavy (non-hydrogen) atoms. The van der Waals surface area contributed by atoms with Gasteiger partial charge in [0.1, 0.15) is 0 Å². The van der Waals surface area contributed by atoms with Crippen molar-refractivity contribution in [2.45, 2.75) is 90.8 Å². The van der Waals surface area contributed by atoms with Crippen LogP contribution >= 0.6 is 20.7 Å². The highest BCUT2D eigenvalue weighted by Gasteiger charge is 2.48. The van der Waals surface area contributed by atoms with Crippen LogP contribution in [-0.2, 0) is 19.1 Å². The molecule has 2 fully saturated rings. The lowest BCUT2D eigenvalue weighted by Gasteiger charge is -2.32. The number of hydrogen-bond acceptors (Lipinski definition) is 4. The van der Waals surface area contributed by atoms with Crippen LogP contribution in [0.15, 0.2) is 12.1 Å². The van der Waals surface area contributed by atoms with Crippen molar-refractivity contribution in [2.24, 2.45) is 0 Å². The smallest absolute Gasteiger partial charge is 0.354 e. The van der Waals surface area contributed by atoms with E-state index in [2.05, 4.69) is 53.7 Å². The number of rotatable bonds is 4. The number of halogens is 1. The van der Waals surface area contributed by atoms with Gasteiger partial charge in [-0.25, -0.2) is 9.59 Å². The predicted octanol–water partition coefficient (Wildman–Crippen LogP) is 5.74. The molecule has 1 aliphatic carbocycles.